The number of nitrogens with two attached hydrogens (primary N) is 1. The number of anilines is 1. The highest BCUT2D eigenvalue weighted by Crippen LogP contribution is 2.31. The van der Waals surface area contributed by atoms with Gasteiger partial charge in [0.15, 0.2) is 5.16 Å². The van der Waals surface area contributed by atoms with Crippen molar-refractivity contribution >= 4 is 23.5 Å². The maximum Gasteiger partial charge on any atom is 0.233 e. The topological polar surface area (TPSA) is 95.9 Å². The van der Waals surface area contributed by atoms with Crippen LogP contribution in [0.4, 0.5) is 5.82 Å². The van der Waals surface area contributed by atoms with E-state index in [9.17, 15) is 4.79 Å². The molecule has 1 amide bonds. The van der Waals surface area contributed by atoms with Crippen LogP contribution >= 0.6 is 11.8 Å². The second-order valence-corrected chi connectivity index (χ2v) is 8.18. The van der Waals surface area contributed by atoms with E-state index in [4.69, 9.17) is 11.0 Å². The summed E-state index contributed by atoms with van der Waals surface area (Å²) in [7, 11) is 0. The number of hydrogen-bond acceptors (Lipinski definition) is 6. The van der Waals surface area contributed by atoms with Crippen molar-refractivity contribution in [3.63, 3.8) is 0 Å². The molecule has 0 radical (unpaired) electrons. The van der Waals surface area contributed by atoms with Crippen LogP contribution in [0.3, 0.4) is 0 Å². The highest BCUT2D eigenvalue weighted by atomic mass is 32.2. The van der Waals surface area contributed by atoms with Crippen LogP contribution in [0.15, 0.2) is 11.4 Å². The normalized spacial score (nSPS) is 19.0. The lowest BCUT2D eigenvalue weighted by molar-refractivity contribution is -0.135. The van der Waals surface area contributed by atoms with Gasteiger partial charge in [0.1, 0.15) is 17.5 Å². The first kappa shape index (κ1) is 19.0. The molecule has 3 rings (SSSR count). The predicted molar refractivity (Wildman–Crippen MR) is 102 cm³/mol. The van der Waals surface area contributed by atoms with Gasteiger partial charge >= 0.3 is 0 Å². The first-order chi connectivity index (χ1) is 12.7. The van der Waals surface area contributed by atoms with E-state index in [-0.39, 0.29) is 17.3 Å². The number of nitrogens with zero attached hydrogens (tertiary/aromatic N) is 4. The van der Waals surface area contributed by atoms with Crippen LogP contribution in [0.1, 0.15) is 69.8 Å². The molecule has 2 aliphatic carbocycles. The lowest BCUT2D eigenvalue weighted by atomic mass is 9.88. The van der Waals surface area contributed by atoms with Crippen LogP contribution in [0, 0.1) is 11.3 Å². The molecular formula is C19H27N5OS. The molecule has 0 aromatic carbocycles. The number of nitriles is 1. The van der Waals surface area contributed by atoms with Gasteiger partial charge in [0, 0.05) is 12.1 Å². The summed E-state index contributed by atoms with van der Waals surface area (Å²) in [4.78, 5) is 23.6. The molecule has 0 atom stereocenters. The van der Waals surface area contributed by atoms with Crippen molar-refractivity contribution in [2.45, 2.75) is 81.4 Å². The number of aromatic nitrogens is 2. The minimum Gasteiger partial charge on any atom is -0.382 e. The Morgan fingerprint density at radius 2 is 1.73 bits per heavy atom. The molecule has 2 saturated carbocycles. The molecule has 2 N–H and O–H groups in total. The van der Waals surface area contributed by atoms with Gasteiger partial charge < -0.3 is 10.6 Å². The van der Waals surface area contributed by atoms with Crippen LogP contribution in [-0.2, 0) is 4.79 Å². The van der Waals surface area contributed by atoms with Crippen LogP contribution in [0.5, 0.6) is 0 Å². The van der Waals surface area contributed by atoms with E-state index in [1.54, 1.807) is 0 Å². The molecule has 2 fully saturated rings. The van der Waals surface area contributed by atoms with E-state index in [0.717, 1.165) is 25.7 Å². The second kappa shape index (κ2) is 9.22. The van der Waals surface area contributed by atoms with Crippen molar-refractivity contribution in [2.24, 2.45) is 0 Å². The fourth-order valence-electron chi connectivity index (χ4n) is 4.16. The van der Waals surface area contributed by atoms with Crippen molar-refractivity contribution in [2.75, 3.05) is 11.5 Å². The summed E-state index contributed by atoms with van der Waals surface area (Å²) in [5.41, 5.74) is 6.02. The number of hydrogen-bond donors (Lipinski definition) is 1. The zero-order valence-electron chi connectivity index (χ0n) is 15.2. The molecule has 0 bridgehead atoms. The molecule has 0 saturated heterocycles. The van der Waals surface area contributed by atoms with Gasteiger partial charge in [0.05, 0.1) is 11.9 Å². The standard InChI is InChI=1S/C19H27N5OS/c20-11-14-12-22-19(23-18(14)21)26-13-17(25)24(15-7-3-1-4-8-15)16-9-5-2-6-10-16/h12,15-16H,1-10,13H2,(H2,21,22,23). The molecule has 1 aromatic rings. The minimum atomic E-state index is 0.175. The summed E-state index contributed by atoms with van der Waals surface area (Å²) < 4.78 is 0. The maximum atomic E-state index is 13.1. The van der Waals surface area contributed by atoms with Crippen molar-refractivity contribution in [1.82, 2.24) is 14.9 Å². The van der Waals surface area contributed by atoms with Crippen molar-refractivity contribution < 1.29 is 4.79 Å². The average molecular weight is 374 g/mol. The molecule has 7 heteroatoms. The van der Waals surface area contributed by atoms with Crippen molar-refractivity contribution in [3.8, 4) is 6.07 Å². The Labute approximate surface area is 159 Å². The molecule has 0 aliphatic heterocycles. The fraction of sp³-hybridized carbons (Fsp3) is 0.684. The summed E-state index contributed by atoms with van der Waals surface area (Å²) in [6, 6.07) is 2.75. The van der Waals surface area contributed by atoms with Gasteiger partial charge in [-0.1, -0.05) is 50.3 Å². The first-order valence-electron chi connectivity index (χ1n) is 9.65. The Kier molecular flexibility index (Phi) is 6.73. The third-order valence-electron chi connectivity index (χ3n) is 5.47. The number of rotatable bonds is 5. The minimum absolute atomic E-state index is 0.175. The summed E-state index contributed by atoms with van der Waals surface area (Å²) >= 11 is 1.32. The summed E-state index contributed by atoms with van der Waals surface area (Å²) in [6.45, 7) is 0. The molecule has 1 aromatic heterocycles. The van der Waals surface area contributed by atoms with E-state index in [2.05, 4.69) is 14.9 Å². The Bertz CT molecular complexity index is 644. The quantitative estimate of drug-likeness (QED) is 0.627. The van der Waals surface area contributed by atoms with Gasteiger partial charge in [-0.2, -0.15) is 5.26 Å². The van der Waals surface area contributed by atoms with Gasteiger partial charge in [-0.05, 0) is 25.7 Å². The molecule has 6 nitrogen and oxygen atoms in total. The Morgan fingerprint density at radius 1 is 1.15 bits per heavy atom. The van der Waals surface area contributed by atoms with Gasteiger partial charge in [-0.15, -0.1) is 0 Å². The van der Waals surface area contributed by atoms with Gasteiger partial charge in [0.2, 0.25) is 5.91 Å². The lowest BCUT2D eigenvalue weighted by Crippen LogP contribution is -2.49. The number of carbonyl (C=O) groups is 1. The highest BCUT2D eigenvalue weighted by molar-refractivity contribution is 7.99. The van der Waals surface area contributed by atoms with E-state index in [1.165, 1.54) is 56.5 Å². The van der Waals surface area contributed by atoms with E-state index < -0.39 is 0 Å². The Balaban J connectivity index is 1.66. The van der Waals surface area contributed by atoms with Crippen LogP contribution in [0.2, 0.25) is 0 Å². The number of thioether (sulfide) groups is 1. The zero-order valence-corrected chi connectivity index (χ0v) is 16.0. The number of amides is 1. The van der Waals surface area contributed by atoms with E-state index in [1.807, 2.05) is 6.07 Å². The second-order valence-electron chi connectivity index (χ2n) is 7.24. The Hall–Kier alpha value is -1.81. The molecule has 140 valence electrons. The largest absolute Gasteiger partial charge is 0.382 e. The first-order valence-corrected chi connectivity index (χ1v) is 10.6. The molecule has 0 spiro atoms. The van der Waals surface area contributed by atoms with Gasteiger partial charge in [-0.25, -0.2) is 9.97 Å². The maximum absolute atomic E-state index is 13.1. The molecule has 2 aliphatic rings. The smallest absolute Gasteiger partial charge is 0.233 e. The summed E-state index contributed by atoms with van der Waals surface area (Å²) in [5, 5.41) is 9.37. The average Bonchev–Trinajstić information content (AvgIpc) is 2.68. The van der Waals surface area contributed by atoms with Crippen LogP contribution < -0.4 is 5.73 Å². The fourth-order valence-corrected chi connectivity index (χ4v) is 4.85. The zero-order chi connectivity index (χ0) is 18.4. The molecule has 1 heterocycles. The van der Waals surface area contributed by atoms with Crippen molar-refractivity contribution in [3.05, 3.63) is 11.8 Å². The number of carbonyl (C=O) groups excluding carboxylic acids is 1. The van der Waals surface area contributed by atoms with Gasteiger partial charge in [-0.3, -0.25) is 4.79 Å². The third-order valence-corrected chi connectivity index (χ3v) is 6.31. The van der Waals surface area contributed by atoms with E-state index >= 15 is 0 Å². The third kappa shape index (κ3) is 4.67. The molecule has 26 heavy (non-hydrogen) atoms. The van der Waals surface area contributed by atoms with E-state index in [0.29, 0.717) is 23.0 Å². The molecular weight excluding hydrogens is 346 g/mol. The predicted octanol–water partition coefficient (Wildman–Crippen LogP) is 3.52. The summed E-state index contributed by atoms with van der Waals surface area (Å²) in [5.74, 6) is 0.701. The van der Waals surface area contributed by atoms with Crippen LogP contribution in [-0.4, -0.2) is 38.6 Å². The van der Waals surface area contributed by atoms with Crippen molar-refractivity contribution in [1.29, 1.82) is 5.26 Å². The lowest BCUT2D eigenvalue weighted by Gasteiger charge is -2.41. The summed E-state index contributed by atoms with van der Waals surface area (Å²) in [6.07, 6.45) is 13.4. The highest BCUT2D eigenvalue weighted by Gasteiger charge is 2.32. The van der Waals surface area contributed by atoms with Crippen LogP contribution in [0.25, 0.3) is 0 Å². The number of nitrogen functional groups attached to an aromatic ring is 1. The monoisotopic (exact) mass is 373 g/mol. The van der Waals surface area contributed by atoms with Gasteiger partial charge in [0.25, 0.3) is 0 Å². The molecule has 0 unspecified atom stereocenters. The Morgan fingerprint density at radius 3 is 2.23 bits per heavy atom. The SMILES string of the molecule is N#Cc1cnc(SCC(=O)N(C2CCCCC2)C2CCCCC2)nc1N.